The first-order valence-corrected chi connectivity index (χ1v) is 6.03. The normalized spacial score (nSPS) is 17.3. The van der Waals surface area contributed by atoms with Crippen molar-refractivity contribution in [3.05, 3.63) is 53.8 Å². The van der Waals surface area contributed by atoms with Gasteiger partial charge >= 0.3 is 0 Å². The van der Waals surface area contributed by atoms with Crippen molar-refractivity contribution < 1.29 is 9.13 Å². The molecular weight excluding hydrogens is 229 g/mol. The SMILES string of the molecule is NCC1Cc2c(F)ccc(-c3ccccc3)c2O1. The van der Waals surface area contributed by atoms with Crippen LogP contribution in [0.15, 0.2) is 42.5 Å². The van der Waals surface area contributed by atoms with Crippen LogP contribution in [0.5, 0.6) is 5.75 Å². The Hall–Kier alpha value is -1.87. The number of hydrogen-bond acceptors (Lipinski definition) is 2. The molecule has 0 aliphatic carbocycles. The van der Waals surface area contributed by atoms with Gasteiger partial charge in [-0.1, -0.05) is 30.3 Å². The summed E-state index contributed by atoms with van der Waals surface area (Å²) in [5.74, 6) is 0.442. The van der Waals surface area contributed by atoms with Crippen LogP contribution in [0.25, 0.3) is 11.1 Å². The minimum absolute atomic E-state index is 0.112. The number of fused-ring (bicyclic) bond motifs is 1. The molecule has 3 heteroatoms. The summed E-state index contributed by atoms with van der Waals surface area (Å²) in [6.07, 6.45) is 0.442. The molecule has 0 amide bonds. The smallest absolute Gasteiger partial charge is 0.133 e. The molecular formula is C15H14FNO. The zero-order valence-corrected chi connectivity index (χ0v) is 9.90. The highest BCUT2D eigenvalue weighted by molar-refractivity contribution is 5.73. The number of hydrogen-bond donors (Lipinski definition) is 1. The summed E-state index contributed by atoms with van der Waals surface area (Å²) in [7, 11) is 0. The predicted molar refractivity (Wildman–Crippen MR) is 69.0 cm³/mol. The molecule has 1 aliphatic heterocycles. The quantitative estimate of drug-likeness (QED) is 0.880. The number of halogens is 1. The van der Waals surface area contributed by atoms with Crippen LogP contribution in [0.1, 0.15) is 5.56 Å². The van der Waals surface area contributed by atoms with Crippen LogP contribution in [-0.2, 0) is 6.42 Å². The van der Waals surface area contributed by atoms with E-state index in [4.69, 9.17) is 10.5 Å². The van der Waals surface area contributed by atoms with E-state index in [-0.39, 0.29) is 11.9 Å². The molecule has 3 rings (SSSR count). The van der Waals surface area contributed by atoms with Crippen molar-refractivity contribution in [1.82, 2.24) is 0 Å². The van der Waals surface area contributed by atoms with Crippen molar-refractivity contribution in [3.8, 4) is 16.9 Å². The van der Waals surface area contributed by atoms with Gasteiger partial charge in [-0.2, -0.15) is 0 Å². The zero-order valence-electron chi connectivity index (χ0n) is 9.90. The molecule has 1 unspecified atom stereocenters. The highest BCUT2D eigenvalue weighted by Gasteiger charge is 2.27. The van der Waals surface area contributed by atoms with Crippen LogP contribution in [0.2, 0.25) is 0 Å². The molecule has 0 aromatic heterocycles. The minimum atomic E-state index is -0.208. The molecule has 0 saturated heterocycles. The molecule has 0 bridgehead atoms. The van der Waals surface area contributed by atoms with Crippen LogP contribution in [0, 0.1) is 5.82 Å². The summed E-state index contributed by atoms with van der Waals surface area (Å²) in [4.78, 5) is 0. The lowest BCUT2D eigenvalue weighted by atomic mass is 10.0. The largest absolute Gasteiger partial charge is 0.488 e. The van der Waals surface area contributed by atoms with E-state index in [1.54, 1.807) is 6.07 Å². The summed E-state index contributed by atoms with van der Waals surface area (Å²) >= 11 is 0. The molecule has 2 aromatic carbocycles. The maximum atomic E-state index is 13.8. The summed E-state index contributed by atoms with van der Waals surface area (Å²) in [6, 6.07) is 13.1. The summed E-state index contributed by atoms with van der Waals surface area (Å²) < 4.78 is 19.5. The first-order chi connectivity index (χ1) is 8.79. The third-order valence-corrected chi connectivity index (χ3v) is 3.27. The van der Waals surface area contributed by atoms with Gasteiger partial charge in [0.2, 0.25) is 0 Å². The van der Waals surface area contributed by atoms with Crippen LogP contribution in [-0.4, -0.2) is 12.6 Å². The van der Waals surface area contributed by atoms with Gasteiger partial charge in [-0.25, -0.2) is 4.39 Å². The molecule has 0 fully saturated rings. The Bertz CT molecular complexity index is 568. The number of nitrogens with two attached hydrogens (primary N) is 1. The van der Waals surface area contributed by atoms with E-state index in [2.05, 4.69) is 0 Å². The Balaban J connectivity index is 2.12. The lowest BCUT2D eigenvalue weighted by Crippen LogP contribution is -2.24. The van der Waals surface area contributed by atoms with Crippen molar-refractivity contribution in [2.75, 3.05) is 6.54 Å². The van der Waals surface area contributed by atoms with Crippen molar-refractivity contribution in [3.63, 3.8) is 0 Å². The van der Waals surface area contributed by atoms with Gasteiger partial charge in [-0.15, -0.1) is 0 Å². The molecule has 2 nitrogen and oxygen atoms in total. The molecule has 0 spiro atoms. The maximum absolute atomic E-state index is 13.8. The van der Waals surface area contributed by atoms with Crippen molar-refractivity contribution in [1.29, 1.82) is 0 Å². The number of benzene rings is 2. The van der Waals surface area contributed by atoms with E-state index in [0.29, 0.717) is 24.3 Å². The lowest BCUT2D eigenvalue weighted by molar-refractivity contribution is 0.242. The fraction of sp³-hybridized carbons (Fsp3) is 0.200. The Morgan fingerprint density at radius 2 is 1.94 bits per heavy atom. The van der Waals surface area contributed by atoms with E-state index in [0.717, 1.165) is 11.1 Å². The summed E-state index contributed by atoms with van der Waals surface area (Å²) in [6.45, 7) is 0.405. The highest BCUT2D eigenvalue weighted by atomic mass is 19.1. The van der Waals surface area contributed by atoms with Gasteiger partial charge < -0.3 is 10.5 Å². The fourth-order valence-corrected chi connectivity index (χ4v) is 2.34. The number of rotatable bonds is 2. The monoisotopic (exact) mass is 243 g/mol. The molecule has 1 atom stereocenters. The Kier molecular flexibility index (Phi) is 2.76. The Morgan fingerprint density at radius 3 is 2.67 bits per heavy atom. The second-order valence-electron chi connectivity index (χ2n) is 4.45. The van der Waals surface area contributed by atoms with Gasteiger partial charge in [0.05, 0.1) is 0 Å². The van der Waals surface area contributed by atoms with Gasteiger partial charge in [0.15, 0.2) is 0 Å². The van der Waals surface area contributed by atoms with Gasteiger partial charge in [0, 0.05) is 24.1 Å². The molecule has 18 heavy (non-hydrogen) atoms. The van der Waals surface area contributed by atoms with Crippen LogP contribution < -0.4 is 10.5 Å². The number of ether oxygens (including phenoxy) is 1. The van der Waals surface area contributed by atoms with Gasteiger partial charge in [0.1, 0.15) is 17.7 Å². The van der Waals surface area contributed by atoms with Crippen molar-refractivity contribution >= 4 is 0 Å². The molecule has 1 aliphatic rings. The molecule has 92 valence electrons. The second kappa shape index (κ2) is 4.42. The molecule has 2 aromatic rings. The van der Waals surface area contributed by atoms with Crippen molar-refractivity contribution in [2.45, 2.75) is 12.5 Å². The molecule has 0 radical (unpaired) electrons. The standard InChI is InChI=1S/C15H14FNO/c16-14-7-6-12(10-4-2-1-3-5-10)15-13(14)8-11(9-17)18-15/h1-7,11H,8-9,17H2. The van der Waals surface area contributed by atoms with E-state index in [1.807, 2.05) is 30.3 Å². The average Bonchev–Trinajstić information content (AvgIpc) is 2.85. The van der Waals surface area contributed by atoms with Gasteiger partial charge in [-0.3, -0.25) is 0 Å². The minimum Gasteiger partial charge on any atom is -0.488 e. The third kappa shape index (κ3) is 1.77. The Morgan fingerprint density at radius 1 is 1.17 bits per heavy atom. The van der Waals surface area contributed by atoms with E-state index in [1.165, 1.54) is 6.07 Å². The highest BCUT2D eigenvalue weighted by Crippen LogP contribution is 2.39. The second-order valence-corrected chi connectivity index (χ2v) is 4.45. The van der Waals surface area contributed by atoms with E-state index < -0.39 is 0 Å². The first kappa shape index (κ1) is 11.2. The topological polar surface area (TPSA) is 35.2 Å². The predicted octanol–water partition coefficient (Wildman–Crippen LogP) is 2.75. The molecule has 0 saturated carbocycles. The Labute approximate surface area is 105 Å². The zero-order chi connectivity index (χ0) is 12.5. The van der Waals surface area contributed by atoms with Crippen LogP contribution >= 0.6 is 0 Å². The first-order valence-electron chi connectivity index (χ1n) is 6.03. The molecule has 1 heterocycles. The maximum Gasteiger partial charge on any atom is 0.133 e. The van der Waals surface area contributed by atoms with E-state index >= 15 is 0 Å². The van der Waals surface area contributed by atoms with Gasteiger partial charge in [0.25, 0.3) is 0 Å². The van der Waals surface area contributed by atoms with Gasteiger partial charge in [-0.05, 0) is 17.7 Å². The lowest BCUT2D eigenvalue weighted by Gasteiger charge is -2.11. The average molecular weight is 243 g/mol. The van der Waals surface area contributed by atoms with Crippen LogP contribution in [0.3, 0.4) is 0 Å². The third-order valence-electron chi connectivity index (χ3n) is 3.27. The molecule has 2 N–H and O–H groups in total. The fourth-order valence-electron chi connectivity index (χ4n) is 2.34. The summed E-state index contributed by atoms with van der Waals surface area (Å²) in [5.41, 5.74) is 8.22. The van der Waals surface area contributed by atoms with E-state index in [9.17, 15) is 4.39 Å². The van der Waals surface area contributed by atoms with Crippen LogP contribution in [0.4, 0.5) is 4.39 Å². The summed E-state index contributed by atoms with van der Waals surface area (Å²) in [5, 5.41) is 0. The van der Waals surface area contributed by atoms with Crippen molar-refractivity contribution in [2.24, 2.45) is 5.73 Å².